The molecule has 0 heterocycles. The molecule has 2 fully saturated rings. The van der Waals surface area contributed by atoms with Gasteiger partial charge in [-0.3, -0.25) is 14.4 Å². The van der Waals surface area contributed by atoms with Crippen molar-refractivity contribution >= 4 is 34.7 Å². The van der Waals surface area contributed by atoms with Crippen LogP contribution in [0.15, 0.2) is 24.3 Å². The number of esters is 1. The average Bonchev–Trinajstić information content (AvgIpc) is 3.87. The Balaban J connectivity index is 1.69. The molecule has 344 valence electrons. The molecular weight excluding hydrogens is 779 g/mol. The van der Waals surface area contributed by atoms with Gasteiger partial charge in [-0.15, -0.1) is 0 Å². The highest BCUT2D eigenvalue weighted by molar-refractivity contribution is 8.13. The third-order valence-corrected chi connectivity index (χ3v) is 15.6. The molecule has 1 aromatic carbocycles. The summed E-state index contributed by atoms with van der Waals surface area (Å²) in [6, 6.07) is 10.1. The molecule has 61 heavy (non-hydrogen) atoms. The quantitative estimate of drug-likeness (QED) is 0.0543. The molecule has 0 saturated heterocycles. The van der Waals surface area contributed by atoms with Gasteiger partial charge in [-0.1, -0.05) is 149 Å². The summed E-state index contributed by atoms with van der Waals surface area (Å²) in [5.74, 6) is -0.630. The zero-order chi connectivity index (χ0) is 44.8. The van der Waals surface area contributed by atoms with Crippen molar-refractivity contribution in [3.8, 4) is 6.07 Å². The number of benzene rings is 1. The maximum Gasteiger partial charge on any atom is 0.338 e. The van der Waals surface area contributed by atoms with Crippen molar-refractivity contribution in [3.05, 3.63) is 35.4 Å². The molecule has 9 unspecified atom stereocenters. The van der Waals surface area contributed by atoms with Gasteiger partial charge >= 0.3 is 5.97 Å². The Bertz CT molecular complexity index is 1530. The number of fused-ring (bicyclic) bond motifs is 2. The molecule has 2 aliphatic carbocycles. The van der Waals surface area contributed by atoms with Crippen LogP contribution in [0.3, 0.4) is 0 Å². The lowest BCUT2D eigenvalue weighted by molar-refractivity contribution is -0.135. The van der Waals surface area contributed by atoms with E-state index in [9.17, 15) is 24.4 Å². The molecule has 2 bridgehead atoms. The van der Waals surface area contributed by atoms with Crippen molar-refractivity contribution in [2.75, 3.05) is 5.75 Å². The van der Waals surface area contributed by atoms with Crippen LogP contribution in [0.1, 0.15) is 218 Å². The fraction of sp³-hybridized carbons (Fsp3) is 0.788. The second-order valence-electron chi connectivity index (χ2n) is 19.9. The minimum Gasteiger partial charge on any atom is -0.458 e. The Morgan fingerprint density at radius 3 is 1.98 bits per heavy atom. The second kappa shape index (κ2) is 27.4. The van der Waals surface area contributed by atoms with E-state index in [-0.39, 0.29) is 47.9 Å². The standard InChI is InChI=1S/C52H85N3O5S/c1-8-11-13-15-17-18-19-21-23-39(5)55-50(59)52(7,34-38(4)49(58)61-30-22-20-16-14-12-9-2)36-44(47(54)56)32-41(37-53)35-51(6,10-3)45-28-26-42(27-29-45)48(57)60-46-33-40-24-25-43(46)31-40/h26-29,38-41,43-44,46H,8-25,30-36H2,1-7H3,(H2,54,56)(H,55,59). The first kappa shape index (κ1) is 52.5. The summed E-state index contributed by atoms with van der Waals surface area (Å²) < 4.78 is 5.95. The Kier molecular flexibility index (Phi) is 23.5. The Morgan fingerprint density at radius 2 is 1.44 bits per heavy atom. The van der Waals surface area contributed by atoms with Gasteiger partial charge in [0.05, 0.1) is 11.6 Å². The third-order valence-electron chi connectivity index (χ3n) is 14.4. The lowest BCUT2D eigenvalue weighted by Crippen LogP contribution is -2.46. The van der Waals surface area contributed by atoms with Gasteiger partial charge in [0.25, 0.3) is 0 Å². The number of nitrogens with two attached hydrogens (primary N) is 1. The minimum absolute atomic E-state index is 0.0231. The number of thioether (sulfide) groups is 1. The van der Waals surface area contributed by atoms with E-state index in [0.717, 1.165) is 62.7 Å². The van der Waals surface area contributed by atoms with E-state index in [2.05, 4.69) is 39.1 Å². The molecule has 2 amide bonds. The summed E-state index contributed by atoms with van der Waals surface area (Å²) >= 11 is 1.36. The van der Waals surface area contributed by atoms with Crippen LogP contribution in [0.2, 0.25) is 0 Å². The summed E-state index contributed by atoms with van der Waals surface area (Å²) in [5.41, 5.74) is 6.23. The SMILES string of the molecule is CCCCCCCCCCC(C)NC(=O)C(C)(CC(C)C(=O)SCCCCCCCC)CC(CC(C#N)CC(C)(CC)c1ccc(C(=O)OC2CC3CCC2C3)cc1)C(N)=O. The predicted molar refractivity (Wildman–Crippen MR) is 252 cm³/mol. The van der Waals surface area contributed by atoms with Crippen molar-refractivity contribution in [2.45, 2.75) is 220 Å². The van der Waals surface area contributed by atoms with Crippen molar-refractivity contribution in [2.24, 2.45) is 40.7 Å². The van der Waals surface area contributed by atoms with Gasteiger partial charge in [0.1, 0.15) is 6.10 Å². The number of primary amides is 1. The maximum absolute atomic E-state index is 14.4. The van der Waals surface area contributed by atoms with E-state index in [0.29, 0.717) is 30.2 Å². The number of carbonyl (C=O) groups is 4. The van der Waals surface area contributed by atoms with E-state index in [1.54, 1.807) is 0 Å². The number of nitrogens with zero attached hydrogens (tertiary/aromatic N) is 1. The lowest BCUT2D eigenvalue weighted by atomic mass is 9.69. The molecule has 0 aromatic heterocycles. The summed E-state index contributed by atoms with van der Waals surface area (Å²) in [5, 5.41) is 13.9. The fourth-order valence-electron chi connectivity index (χ4n) is 10.2. The molecule has 3 N–H and O–H groups in total. The normalized spacial score (nSPS) is 21.0. The largest absolute Gasteiger partial charge is 0.458 e. The number of rotatable bonds is 32. The van der Waals surface area contributed by atoms with Crippen LogP contribution in [0.25, 0.3) is 0 Å². The van der Waals surface area contributed by atoms with E-state index in [1.165, 1.54) is 88.8 Å². The first-order chi connectivity index (χ1) is 29.2. The number of nitrogens with one attached hydrogen (secondary N) is 1. The van der Waals surface area contributed by atoms with Gasteiger partial charge in [-0.05, 0) is 112 Å². The van der Waals surface area contributed by atoms with Crippen molar-refractivity contribution in [1.29, 1.82) is 5.26 Å². The van der Waals surface area contributed by atoms with Crippen LogP contribution in [-0.2, 0) is 24.5 Å². The highest BCUT2D eigenvalue weighted by atomic mass is 32.2. The summed E-state index contributed by atoms with van der Waals surface area (Å²) in [4.78, 5) is 54.2. The number of nitriles is 1. The smallest absolute Gasteiger partial charge is 0.338 e. The zero-order valence-electron chi connectivity index (χ0n) is 39.5. The van der Waals surface area contributed by atoms with Crippen LogP contribution in [0.5, 0.6) is 0 Å². The molecule has 2 aliphatic rings. The van der Waals surface area contributed by atoms with E-state index >= 15 is 0 Å². The molecule has 3 rings (SSSR count). The molecule has 2 saturated carbocycles. The number of hydrogen-bond donors (Lipinski definition) is 2. The molecular formula is C52H85N3O5S. The number of unbranched alkanes of at least 4 members (excludes halogenated alkanes) is 12. The zero-order valence-corrected chi connectivity index (χ0v) is 40.3. The van der Waals surface area contributed by atoms with Gasteiger partial charge in [0, 0.05) is 35.0 Å². The number of carbonyl (C=O) groups excluding carboxylic acids is 4. The Hall–Kier alpha value is -2.86. The van der Waals surface area contributed by atoms with Crippen molar-refractivity contribution in [1.82, 2.24) is 5.32 Å². The highest BCUT2D eigenvalue weighted by Crippen LogP contribution is 2.46. The topological polar surface area (TPSA) is 139 Å². The van der Waals surface area contributed by atoms with Crippen LogP contribution in [0, 0.1) is 46.3 Å². The van der Waals surface area contributed by atoms with E-state index < -0.39 is 28.6 Å². The summed E-state index contributed by atoms with van der Waals surface area (Å²) in [6.45, 7) is 14.5. The first-order valence-corrected chi connectivity index (χ1v) is 25.6. The van der Waals surface area contributed by atoms with Crippen LogP contribution >= 0.6 is 11.8 Å². The first-order valence-electron chi connectivity index (χ1n) is 24.7. The van der Waals surface area contributed by atoms with Gasteiger partial charge in [-0.25, -0.2) is 4.79 Å². The maximum atomic E-state index is 14.4. The molecule has 9 heteroatoms. The van der Waals surface area contributed by atoms with Crippen LogP contribution in [-0.4, -0.2) is 40.8 Å². The lowest BCUT2D eigenvalue weighted by Gasteiger charge is -2.36. The molecule has 0 radical (unpaired) electrons. The van der Waals surface area contributed by atoms with Crippen LogP contribution in [0.4, 0.5) is 0 Å². The predicted octanol–water partition coefficient (Wildman–Crippen LogP) is 12.8. The van der Waals surface area contributed by atoms with Gasteiger partial charge in [0.15, 0.2) is 5.12 Å². The van der Waals surface area contributed by atoms with Gasteiger partial charge in [0.2, 0.25) is 11.8 Å². The second-order valence-corrected chi connectivity index (χ2v) is 21.0. The van der Waals surface area contributed by atoms with Crippen molar-refractivity contribution < 1.29 is 23.9 Å². The minimum atomic E-state index is -1.04. The molecule has 8 nitrogen and oxygen atoms in total. The van der Waals surface area contributed by atoms with Crippen molar-refractivity contribution in [3.63, 3.8) is 0 Å². The summed E-state index contributed by atoms with van der Waals surface area (Å²) in [6.07, 6.45) is 24.1. The third kappa shape index (κ3) is 17.7. The molecule has 0 aliphatic heterocycles. The fourth-order valence-corrected chi connectivity index (χ4v) is 11.1. The monoisotopic (exact) mass is 864 g/mol. The highest BCUT2D eigenvalue weighted by Gasteiger charge is 2.43. The summed E-state index contributed by atoms with van der Waals surface area (Å²) in [7, 11) is 0. The van der Waals surface area contributed by atoms with E-state index in [1.807, 2.05) is 45.0 Å². The number of hydrogen-bond acceptors (Lipinski definition) is 7. The number of amides is 2. The number of ether oxygens (including phenoxy) is 1. The molecule has 1 aromatic rings. The molecule has 0 spiro atoms. The Labute approximate surface area is 375 Å². The van der Waals surface area contributed by atoms with Gasteiger partial charge < -0.3 is 15.8 Å². The van der Waals surface area contributed by atoms with E-state index in [4.69, 9.17) is 10.5 Å². The Morgan fingerprint density at radius 1 is 0.836 bits per heavy atom. The van der Waals surface area contributed by atoms with Crippen LogP contribution < -0.4 is 11.1 Å². The average molecular weight is 864 g/mol. The van der Waals surface area contributed by atoms with Gasteiger partial charge in [-0.2, -0.15) is 5.26 Å². The molecule has 9 atom stereocenters.